The van der Waals surface area contributed by atoms with Gasteiger partial charge in [-0.05, 0) is 55.0 Å². The van der Waals surface area contributed by atoms with Crippen LogP contribution in [0.2, 0.25) is 0 Å². The smallest absolute Gasteiger partial charge is 0.328 e. The van der Waals surface area contributed by atoms with Gasteiger partial charge in [0.1, 0.15) is 0 Å². The highest BCUT2D eigenvalue weighted by Crippen LogP contribution is 2.34. The molecule has 4 rings (SSSR count). The largest absolute Gasteiger partial charge is 0.466 e. The number of likely N-dealkylation sites (tertiary alicyclic amines) is 1. The number of para-hydroxylation sites is 1. The van der Waals surface area contributed by atoms with Gasteiger partial charge in [-0.2, -0.15) is 0 Å². The van der Waals surface area contributed by atoms with E-state index in [4.69, 9.17) is 4.74 Å². The van der Waals surface area contributed by atoms with E-state index in [1.165, 1.54) is 10.1 Å². The van der Waals surface area contributed by atoms with Crippen LogP contribution in [0.3, 0.4) is 0 Å². The van der Waals surface area contributed by atoms with Crippen molar-refractivity contribution >= 4 is 16.9 Å². The van der Waals surface area contributed by atoms with Crippen LogP contribution in [0, 0.1) is 5.92 Å². The second kappa shape index (κ2) is 10.4. The Balaban J connectivity index is 1.51. The van der Waals surface area contributed by atoms with E-state index < -0.39 is 5.69 Å². The van der Waals surface area contributed by atoms with E-state index in [1.54, 1.807) is 24.3 Å². The van der Waals surface area contributed by atoms with E-state index in [-0.39, 0.29) is 29.9 Å². The standard InChI is InChI=1S/C27H33N3O4/c1-4-34-26(32)23-17-29(14-13-21(23)20-11-9-19(10-12-20)18(2)3)15-16-30-25(31)22-7-5-6-8-24(22)28-27(30)33/h5-12,18,21,23H,4,13-17H2,1-3H3,(H,28,33)/t21-,23-/m0/s1. The molecule has 3 aromatic rings. The number of nitrogens with one attached hydrogen (secondary N) is 1. The molecule has 180 valence electrons. The summed E-state index contributed by atoms with van der Waals surface area (Å²) in [4.78, 5) is 43.2. The number of nitrogens with zero attached hydrogens (tertiary/aromatic N) is 2. The molecule has 7 heteroatoms. The Morgan fingerprint density at radius 1 is 1.09 bits per heavy atom. The third kappa shape index (κ3) is 4.99. The number of ether oxygens (including phenoxy) is 1. The molecule has 1 N–H and O–H groups in total. The van der Waals surface area contributed by atoms with Crippen molar-refractivity contribution in [3.8, 4) is 0 Å². The zero-order valence-corrected chi connectivity index (χ0v) is 20.1. The van der Waals surface area contributed by atoms with Crippen molar-refractivity contribution in [1.82, 2.24) is 14.5 Å². The van der Waals surface area contributed by atoms with Gasteiger partial charge in [-0.25, -0.2) is 4.79 Å². The first-order chi connectivity index (χ1) is 16.4. The molecular weight excluding hydrogens is 430 g/mol. The average molecular weight is 464 g/mol. The van der Waals surface area contributed by atoms with Crippen molar-refractivity contribution in [2.75, 3.05) is 26.2 Å². The average Bonchev–Trinajstić information content (AvgIpc) is 2.84. The molecule has 2 atom stereocenters. The molecule has 0 aliphatic carbocycles. The Bertz CT molecular complexity index is 1260. The molecule has 1 fully saturated rings. The lowest BCUT2D eigenvalue weighted by Gasteiger charge is -2.37. The molecule has 0 radical (unpaired) electrons. The van der Waals surface area contributed by atoms with E-state index in [9.17, 15) is 14.4 Å². The molecule has 0 unspecified atom stereocenters. The Labute approximate surface area is 199 Å². The minimum absolute atomic E-state index is 0.0864. The van der Waals surface area contributed by atoms with Crippen LogP contribution in [-0.2, 0) is 16.1 Å². The normalized spacial score (nSPS) is 18.9. The minimum atomic E-state index is -0.411. The van der Waals surface area contributed by atoms with E-state index >= 15 is 0 Å². The number of H-pyrrole nitrogens is 1. The topological polar surface area (TPSA) is 84.4 Å². The van der Waals surface area contributed by atoms with Gasteiger partial charge in [0.05, 0.1) is 23.4 Å². The zero-order valence-electron chi connectivity index (χ0n) is 20.1. The second-order valence-corrected chi connectivity index (χ2v) is 9.31. The van der Waals surface area contributed by atoms with Gasteiger partial charge in [-0.15, -0.1) is 0 Å². The van der Waals surface area contributed by atoms with E-state index in [0.717, 1.165) is 18.5 Å². The Morgan fingerprint density at radius 2 is 1.82 bits per heavy atom. The van der Waals surface area contributed by atoms with Crippen molar-refractivity contribution < 1.29 is 9.53 Å². The van der Waals surface area contributed by atoms with Crippen LogP contribution in [0.15, 0.2) is 58.1 Å². The molecule has 2 heterocycles. The summed E-state index contributed by atoms with van der Waals surface area (Å²) >= 11 is 0. The number of fused-ring (bicyclic) bond motifs is 1. The van der Waals surface area contributed by atoms with Crippen LogP contribution in [-0.4, -0.2) is 46.7 Å². The highest BCUT2D eigenvalue weighted by Gasteiger charge is 2.36. The molecule has 0 spiro atoms. The fourth-order valence-corrected chi connectivity index (χ4v) is 4.88. The van der Waals surface area contributed by atoms with Gasteiger partial charge in [0.2, 0.25) is 0 Å². The number of carbonyl (C=O) groups is 1. The maximum Gasteiger partial charge on any atom is 0.328 e. The lowest BCUT2D eigenvalue weighted by atomic mass is 9.80. The summed E-state index contributed by atoms with van der Waals surface area (Å²) in [6.07, 6.45) is 0.813. The molecule has 0 amide bonds. The number of benzene rings is 2. The summed E-state index contributed by atoms with van der Waals surface area (Å²) in [7, 11) is 0. The number of rotatable bonds is 7. The Morgan fingerprint density at radius 3 is 2.53 bits per heavy atom. The number of hydrogen-bond donors (Lipinski definition) is 1. The van der Waals surface area contributed by atoms with Crippen LogP contribution in [0.1, 0.15) is 50.2 Å². The third-order valence-electron chi connectivity index (χ3n) is 6.85. The Hall–Kier alpha value is -3.19. The molecule has 2 aromatic carbocycles. The number of piperidine rings is 1. The summed E-state index contributed by atoms with van der Waals surface area (Å²) < 4.78 is 6.67. The first-order valence-electron chi connectivity index (χ1n) is 12.1. The SMILES string of the molecule is CCOC(=O)[C@H]1CN(CCn2c(=O)[nH]c3ccccc3c2=O)CC[C@H]1c1ccc(C(C)C)cc1. The van der Waals surface area contributed by atoms with E-state index in [1.807, 2.05) is 6.92 Å². The molecule has 1 saturated heterocycles. The van der Waals surface area contributed by atoms with Gasteiger partial charge in [-0.3, -0.25) is 14.2 Å². The fraction of sp³-hybridized carbons (Fsp3) is 0.444. The van der Waals surface area contributed by atoms with Crippen LogP contribution < -0.4 is 11.2 Å². The molecule has 0 saturated carbocycles. The summed E-state index contributed by atoms with van der Waals surface area (Å²) in [6.45, 7) is 8.60. The fourth-order valence-electron chi connectivity index (χ4n) is 4.88. The third-order valence-corrected chi connectivity index (χ3v) is 6.85. The van der Waals surface area contributed by atoms with Crippen LogP contribution in [0.5, 0.6) is 0 Å². The first kappa shape index (κ1) is 24.0. The van der Waals surface area contributed by atoms with Crippen molar-refractivity contribution in [2.24, 2.45) is 5.92 Å². The van der Waals surface area contributed by atoms with Crippen molar-refractivity contribution in [3.63, 3.8) is 0 Å². The lowest BCUT2D eigenvalue weighted by Crippen LogP contribution is -2.46. The van der Waals surface area contributed by atoms with Gasteiger partial charge in [0, 0.05) is 19.6 Å². The zero-order chi connectivity index (χ0) is 24.2. The number of carbonyl (C=O) groups excluding carboxylic acids is 1. The highest BCUT2D eigenvalue weighted by atomic mass is 16.5. The van der Waals surface area contributed by atoms with Gasteiger partial charge < -0.3 is 14.6 Å². The molecule has 34 heavy (non-hydrogen) atoms. The van der Waals surface area contributed by atoms with Crippen LogP contribution in [0.25, 0.3) is 10.9 Å². The predicted octanol–water partition coefficient (Wildman–Crippen LogP) is 3.48. The predicted molar refractivity (Wildman–Crippen MR) is 133 cm³/mol. The summed E-state index contributed by atoms with van der Waals surface area (Å²) in [6, 6.07) is 15.6. The number of hydrogen-bond acceptors (Lipinski definition) is 5. The van der Waals surface area contributed by atoms with Gasteiger partial charge in [-0.1, -0.05) is 50.2 Å². The molecule has 1 aromatic heterocycles. The van der Waals surface area contributed by atoms with E-state index in [2.05, 4.69) is 48.0 Å². The second-order valence-electron chi connectivity index (χ2n) is 9.31. The molecule has 0 bridgehead atoms. The maximum absolute atomic E-state index is 12.9. The molecular formula is C27H33N3O4. The lowest BCUT2D eigenvalue weighted by molar-refractivity contribution is -0.150. The van der Waals surface area contributed by atoms with Crippen LogP contribution in [0.4, 0.5) is 0 Å². The first-order valence-corrected chi connectivity index (χ1v) is 12.1. The summed E-state index contributed by atoms with van der Waals surface area (Å²) in [5, 5.41) is 0.495. The number of aromatic nitrogens is 2. The number of esters is 1. The van der Waals surface area contributed by atoms with Crippen LogP contribution >= 0.6 is 0 Å². The van der Waals surface area contributed by atoms with Crippen molar-refractivity contribution in [1.29, 1.82) is 0 Å². The molecule has 1 aliphatic rings. The van der Waals surface area contributed by atoms with Crippen molar-refractivity contribution in [2.45, 2.75) is 45.6 Å². The van der Waals surface area contributed by atoms with E-state index in [0.29, 0.717) is 36.5 Å². The van der Waals surface area contributed by atoms with Crippen molar-refractivity contribution in [3.05, 3.63) is 80.5 Å². The monoisotopic (exact) mass is 463 g/mol. The summed E-state index contributed by atoms with van der Waals surface area (Å²) in [5.74, 6) is 0.0674. The molecule has 7 nitrogen and oxygen atoms in total. The highest BCUT2D eigenvalue weighted by molar-refractivity contribution is 5.77. The van der Waals surface area contributed by atoms with Gasteiger partial charge >= 0.3 is 11.7 Å². The Kier molecular flexibility index (Phi) is 7.32. The number of aromatic amines is 1. The summed E-state index contributed by atoms with van der Waals surface area (Å²) in [5.41, 5.74) is 2.27. The van der Waals surface area contributed by atoms with Gasteiger partial charge in [0.15, 0.2) is 0 Å². The maximum atomic E-state index is 12.9. The van der Waals surface area contributed by atoms with Gasteiger partial charge in [0.25, 0.3) is 5.56 Å². The molecule has 1 aliphatic heterocycles. The minimum Gasteiger partial charge on any atom is -0.466 e. The quantitative estimate of drug-likeness (QED) is 0.543.